The molecule has 1 rings (SSSR count). The number of rotatable bonds is 7. The van der Waals surface area contributed by atoms with Crippen molar-refractivity contribution in [3.8, 4) is 0 Å². The fraction of sp³-hybridized carbons (Fsp3) is 0.833. The van der Waals surface area contributed by atoms with Crippen LogP contribution in [0.2, 0.25) is 0 Å². The Labute approximate surface area is 93.5 Å². The molecule has 1 heterocycles. The minimum Gasteiger partial charge on any atom is -0.328 e. The predicted octanol–water partition coefficient (Wildman–Crippen LogP) is 4.07. The molecule has 3 heteroatoms. The molecule has 0 bridgehead atoms. The van der Waals surface area contributed by atoms with Crippen LogP contribution < -0.4 is 0 Å². The van der Waals surface area contributed by atoms with Crippen LogP contribution >= 0.6 is 7.37 Å². The normalized spacial score (nSPS) is 20.7. The van der Waals surface area contributed by atoms with Crippen molar-refractivity contribution in [2.24, 2.45) is 5.92 Å². The predicted molar refractivity (Wildman–Crippen MR) is 65.7 cm³/mol. The van der Waals surface area contributed by atoms with E-state index in [1.165, 1.54) is 19.3 Å². The van der Waals surface area contributed by atoms with Gasteiger partial charge in [-0.05, 0) is 12.3 Å². The molecule has 0 amide bonds. The quantitative estimate of drug-likeness (QED) is 0.487. The molecule has 0 radical (unpaired) electrons. The molecular weight excluding hydrogens is 207 g/mol. The molecule has 2 nitrogen and oxygen atoms in total. The summed E-state index contributed by atoms with van der Waals surface area (Å²) >= 11 is 0. The van der Waals surface area contributed by atoms with Gasteiger partial charge in [0.2, 0.25) is 7.37 Å². The molecular formula is C12H23O2P. The van der Waals surface area contributed by atoms with Crippen LogP contribution in [0.4, 0.5) is 0 Å². The summed E-state index contributed by atoms with van der Waals surface area (Å²) in [7, 11) is -2.28. The first-order chi connectivity index (χ1) is 7.20. The fourth-order valence-electron chi connectivity index (χ4n) is 1.79. The van der Waals surface area contributed by atoms with E-state index in [0.29, 0.717) is 24.8 Å². The van der Waals surface area contributed by atoms with E-state index in [2.05, 4.69) is 13.8 Å². The van der Waals surface area contributed by atoms with Crippen molar-refractivity contribution in [2.45, 2.75) is 39.5 Å². The van der Waals surface area contributed by atoms with Gasteiger partial charge in [0.1, 0.15) is 0 Å². The van der Waals surface area contributed by atoms with Crippen LogP contribution in [0.5, 0.6) is 0 Å². The van der Waals surface area contributed by atoms with Crippen LogP contribution in [0.15, 0.2) is 12.2 Å². The number of allylic oxidation sites excluding steroid dienone is 2. The largest absolute Gasteiger partial charge is 0.328 e. The highest BCUT2D eigenvalue weighted by molar-refractivity contribution is 7.59. The summed E-state index contributed by atoms with van der Waals surface area (Å²) in [5, 5.41) is 0. The van der Waals surface area contributed by atoms with E-state index in [9.17, 15) is 4.57 Å². The summed E-state index contributed by atoms with van der Waals surface area (Å²) < 4.78 is 17.7. The highest BCUT2D eigenvalue weighted by Crippen LogP contribution is 2.50. The van der Waals surface area contributed by atoms with Crippen molar-refractivity contribution < 1.29 is 9.09 Å². The van der Waals surface area contributed by atoms with Crippen molar-refractivity contribution in [3.63, 3.8) is 0 Å². The van der Waals surface area contributed by atoms with Crippen molar-refractivity contribution in [3.05, 3.63) is 12.2 Å². The monoisotopic (exact) mass is 230 g/mol. The Morgan fingerprint density at radius 2 is 2.00 bits per heavy atom. The molecule has 0 aromatic carbocycles. The van der Waals surface area contributed by atoms with E-state index in [1.807, 2.05) is 12.2 Å². The lowest BCUT2D eigenvalue weighted by molar-refractivity contribution is 0.237. The van der Waals surface area contributed by atoms with Gasteiger partial charge in [-0.25, -0.2) is 0 Å². The summed E-state index contributed by atoms with van der Waals surface area (Å²) in [4.78, 5) is 0. The van der Waals surface area contributed by atoms with Gasteiger partial charge in [0.05, 0.1) is 6.61 Å². The van der Waals surface area contributed by atoms with Crippen molar-refractivity contribution in [2.75, 3.05) is 18.9 Å². The third-order valence-corrected chi connectivity index (χ3v) is 5.18. The van der Waals surface area contributed by atoms with Crippen LogP contribution in [0.1, 0.15) is 39.5 Å². The molecule has 0 saturated carbocycles. The molecule has 1 aliphatic rings. The van der Waals surface area contributed by atoms with Crippen molar-refractivity contribution in [1.29, 1.82) is 0 Å². The van der Waals surface area contributed by atoms with Gasteiger partial charge < -0.3 is 4.52 Å². The summed E-state index contributed by atoms with van der Waals surface area (Å²) in [5.74, 6) is 0.594. The maximum absolute atomic E-state index is 12.0. The van der Waals surface area contributed by atoms with Gasteiger partial charge in [-0.3, -0.25) is 4.57 Å². The van der Waals surface area contributed by atoms with E-state index in [4.69, 9.17) is 4.52 Å². The molecule has 0 aliphatic carbocycles. The number of hydrogen-bond donors (Lipinski definition) is 0. The molecule has 1 atom stereocenters. The lowest BCUT2D eigenvalue weighted by Crippen LogP contribution is -2.08. The Balaban J connectivity index is 2.24. The first kappa shape index (κ1) is 13.0. The lowest BCUT2D eigenvalue weighted by Gasteiger charge is -2.18. The second-order valence-corrected chi connectivity index (χ2v) is 6.98. The van der Waals surface area contributed by atoms with Gasteiger partial charge in [0.15, 0.2) is 0 Å². The summed E-state index contributed by atoms with van der Waals surface area (Å²) in [5.41, 5.74) is 0. The smallest absolute Gasteiger partial charge is 0.210 e. The van der Waals surface area contributed by atoms with Gasteiger partial charge in [-0.15, -0.1) is 0 Å². The minimum atomic E-state index is -2.28. The second kappa shape index (κ2) is 6.50. The van der Waals surface area contributed by atoms with Crippen molar-refractivity contribution in [1.82, 2.24) is 0 Å². The Hall–Kier alpha value is -0.0700. The van der Waals surface area contributed by atoms with Gasteiger partial charge in [0, 0.05) is 12.3 Å². The third kappa shape index (κ3) is 4.53. The van der Waals surface area contributed by atoms with Crippen LogP contribution in [0, 0.1) is 5.92 Å². The molecule has 0 aromatic rings. The Morgan fingerprint density at radius 1 is 1.33 bits per heavy atom. The van der Waals surface area contributed by atoms with E-state index >= 15 is 0 Å². The van der Waals surface area contributed by atoms with Gasteiger partial charge in [-0.1, -0.05) is 45.3 Å². The molecule has 0 fully saturated rings. The Morgan fingerprint density at radius 3 is 2.53 bits per heavy atom. The standard InChI is InChI=1S/C12H23O2P/c1-3-5-8-12(4-2)11-14-15(13)9-6-7-10-15/h6-7,12H,3-5,8-11H2,1-2H3. The number of hydrogen-bond acceptors (Lipinski definition) is 2. The van der Waals surface area contributed by atoms with Crippen molar-refractivity contribution >= 4 is 7.37 Å². The maximum Gasteiger partial charge on any atom is 0.210 e. The zero-order valence-electron chi connectivity index (χ0n) is 9.95. The van der Waals surface area contributed by atoms with Crippen LogP contribution in [0.3, 0.4) is 0 Å². The lowest BCUT2D eigenvalue weighted by atomic mass is 10.0. The topological polar surface area (TPSA) is 26.3 Å². The minimum absolute atomic E-state index is 0.594. The van der Waals surface area contributed by atoms with Gasteiger partial charge in [-0.2, -0.15) is 0 Å². The first-order valence-electron chi connectivity index (χ1n) is 6.08. The number of unbranched alkanes of at least 4 members (excludes halogenated alkanes) is 1. The average Bonchev–Trinajstić information content (AvgIpc) is 2.66. The molecule has 0 N–H and O–H groups in total. The SMILES string of the molecule is CCCCC(CC)COP1(=O)CC=CC1. The molecule has 0 spiro atoms. The average molecular weight is 230 g/mol. The van der Waals surface area contributed by atoms with E-state index in [1.54, 1.807) is 0 Å². The van der Waals surface area contributed by atoms with Gasteiger partial charge >= 0.3 is 0 Å². The summed E-state index contributed by atoms with van der Waals surface area (Å²) in [6.07, 6.45) is 10.1. The molecule has 0 aromatic heterocycles. The highest BCUT2D eigenvalue weighted by atomic mass is 31.2. The molecule has 88 valence electrons. The molecule has 1 unspecified atom stereocenters. The first-order valence-corrected chi connectivity index (χ1v) is 8.07. The zero-order chi connectivity index (χ0) is 11.1. The molecule has 1 aliphatic heterocycles. The Kier molecular flexibility index (Phi) is 5.63. The second-order valence-electron chi connectivity index (χ2n) is 4.36. The van der Waals surface area contributed by atoms with Crippen LogP contribution in [-0.2, 0) is 9.09 Å². The zero-order valence-corrected chi connectivity index (χ0v) is 10.8. The molecule has 0 saturated heterocycles. The fourth-order valence-corrected chi connectivity index (χ4v) is 3.57. The summed E-state index contributed by atoms with van der Waals surface area (Å²) in [6.45, 7) is 5.08. The maximum atomic E-state index is 12.0. The van der Waals surface area contributed by atoms with Gasteiger partial charge in [0.25, 0.3) is 0 Å². The highest BCUT2D eigenvalue weighted by Gasteiger charge is 2.24. The molecule has 15 heavy (non-hydrogen) atoms. The Bertz CT molecular complexity index is 236. The van der Waals surface area contributed by atoms with E-state index in [-0.39, 0.29) is 0 Å². The van der Waals surface area contributed by atoms with E-state index < -0.39 is 7.37 Å². The van der Waals surface area contributed by atoms with Crippen LogP contribution in [-0.4, -0.2) is 18.9 Å². The summed E-state index contributed by atoms with van der Waals surface area (Å²) in [6, 6.07) is 0. The van der Waals surface area contributed by atoms with Crippen LogP contribution in [0.25, 0.3) is 0 Å². The third-order valence-electron chi connectivity index (χ3n) is 3.02. The van der Waals surface area contributed by atoms with E-state index in [0.717, 1.165) is 6.42 Å².